The lowest BCUT2D eigenvalue weighted by molar-refractivity contribution is -0.137. The number of likely N-dealkylation sites (tertiary alicyclic amines) is 1. The molecule has 0 radical (unpaired) electrons. The van der Waals surface area contributed by atoms with E-state index in [1.165, 1.54) is 0 Å². The fourth-order valence-corrected chi connectivity index (χ4v) is 4.71. The van der Waals surface area contributed by atoms with Crippen LogP contribution >= 0.6 is 11.6 Å². The van der Waals surface area contributed by atoms with E-state index in [-0.39, 0.29) is 38.2 Å². The number of nitrogens with one attached hydrogen (secondary N) is 1. The van der Waals surface area contributed by atoms with E-state index in [0.29, 0.717) is 41.6 Å². The van der Waals surface area contributed by atoms with Crippen LogP contribution in [-0.4, -0.2) is 63.0 Å². The largest absolute Gasteiger partial charge is 0.481 e. The van der Waals surface area contributed by atoms with E-state index in [0.717, 1.165) is 5.69 Å². The summed E-state index contributed by atoms with van der Waals surface area (Å²) in [7, 11) is 1.75. The number of rotatable bonds is 10. The lowest BCUT2D eigenvalue weighted by Gasteiger charge is -2.33. The monoisotopic (exact) mass is 510 g/mol. The molecule has 1 aromatic carbocycles. The fourth-order valence-electron chi connectivity index (χ4n) is 4.49. The summed E-state index contributed by atoms with van der Waals surface area (Å²) in [4.78, 5) is 30.9. The lowest BCUT2D eigenvalue weighted by atomic mass is 10.0. The number of hydrogen-bond donors (Lipinski definition) is 2. The first kappa shape index (κ1) is 27.1. The second-order valence-corrected chi connectivity index (χ2v) is 10.1. The lowest BCUT2D eigenvalue weighted by Crippen LogP contribution is -2.45. The Balaban J connectivity index is 1.81. The minimum atomic E-state index is -2.74. The normalized spacial score (nSPS) is 16.9. The number of carboxylic acids is 1. The highest BCUT2D eigenvalue weighted by Gasteiger charge is 2.35. The number of aliphatic carboxylic acids is 1. The van der Waals surface area contributed by atoms with Crippen LogP contribution in [-0.2, 0) is 18.3 Å². The molecular weight excluding hydrogens is 478 g/mol. The van der Waals surface area contributed by atoms with E-state index >= 15 is 0 Å². The van der Waals surface area contributed by atoms with Crippen LogP contribution in [0.4, 0.5) is 8.78 Å². The molecule has 1 aliphatic rings. The Bertz CT molecular complexity index is 1060. The van der Waals surface area contributed by atoms with Crippen molar-refractivity contribution in [2.75, 3.05) is 19.6 Å². The van der Waals surface area contributed by atoms with Crippen LogP contribution in [0.1, 0.15) is 55.8 Å². The second-order valence-electron chi connectivity index (χ2n) is 9.66. The number of alkyl halides is 2. The molecule has 7 nitrogen and oxygen atoms in total. The number of piperidine rings is 1. The Morgan fingerprint density at radius 1 is 1.29 bits per heavy atom. The number of carbonyl (C=O) groups excluding carboxylic acids is 1. The van der Waals surface area contributed by atoms with Gasteiger partial charge in [0.1, 0.15) is 0 Å². The molecule has 2 N–H and O–H groups in total. The molecule has 1 aromatic heterocycles. The van der Waals surface area contributed by atoms with Gasteiger partial charge < -0.3 is 15.0 Å². The SMILES string of the molecule is CC(C)Cc1c(-c2ccccc2Cl)nc(C(=O)N[C@@H](CCN2CCCC(F)(F)C2)CC(=O)O)n1C. The van der Waals surface area contributed by atoms with Gasteiger partial charge in [0.25, 0.3) is 11.8 Å². The Kier molecular flexibility index (Phi) is 8.88. The number of carbonyl (C=O) groups is 2. The first-order valence-corrected chi connectivity index (χ1v) is 12.3. The van der Waals surface area contributed by atoms with Crippen LogP contribution in [0, 0.1) is 5.92 Å². The average Bonchev–Trinajstić information content (AvgIpc) is 3.07. The molecule has 1 fully saturated rings. The minimum absolute atomic E-state index is 0.135. The van der Waals surface area contributed by atoms with E-state index in [1.54, 1.807) is 22.6 Å². The number of benzene rings is 1. The van der Waals surface area contributed by atoms with Crippen LogP contribution in [0.25, 0.3) is 11.3 Å². The number of hydrogen-bond acceptors (Lipinski definition) is 4. The van der Waals surface area contributed by atoms with Gasteiger partial charge >= 0.3 is 5.97 Å². The van der Waals surface area contributed by atoms with Crippen LogP contribution in [0.15, 0.2) is 24.3 Å². The minimum Gasteiger partial charge on any atom is -0.481 e. The van der Waals surface area contributed by atoms with Gasteiger partial charge in [-0.05, 0) is 37.8 Å². The molecule has 35 heavy (non-hydrogen) atoms. The Morgan fingerprint density at radius 3 is 2.63 bits per heavy atom. The summed E-state index contributed by atoms with van der Waals surface area (Å²) in [6, 6.07) is 6.56. The van der Waals surface area contributed by atoms with Crippen molar-refractivity contribution < 1.29 is 23.5 Å². The smallest absolute Gasteiger partial charge is 0.305 e. The maximum absolute atomic E-state index is 13.7. The fraction of sp³-hybridized carbons (Fsp3) is 0.560. The van der Waals surface area contributed by atoms with Crippen LogP contribution in [0.2, 0.25) is 5.02 Å². The Labute approximate surface area is 209 Å². The summed E-state index contributed by atoms with van der Waals surface area (Å²) < 4.78 is 29.2. The second kappa shape index (κ2) is 11.5. The molecular formula is C25H33ClF2N4O3. The zero-order valence-corrected chi connectivity index (χ0v) is 21.1. The third-order valence-corrected chi connectivity index (χ3v) is 6.50. The van der Waals surface area contributed by atoms with Crippen molar-refractivity contribution in [1.82, 2.24) is 19.8 Å². The topological polar surface area (TPSA) is 87.5 Å². The summed E-state index contributed by atoms with van der Waals surface area (Å²) in [5.74, 6) is -3.87. The standard InChI is InChI=1S/C25H33ClF2N4O3/c1-16(2)13-20-22(18-7-4-5-8-19(18)26)30-23(31(20)3)24(35)29-17(14-21(33)34)9-12-32-11-6-10-25(27,28)15-32/h4-5,7-8,16-17H,6,9-15H2,1-3H3,(H,29,35)(H,33,34)/t17-/m0/s1. The van der Waals surface area contributed by atoms with Crippen molar-refractivity contribution in [3.8, 4) is 11.3 Å². The van der Waals surface area contributed by atoms with Gasteiger partial charge in [0, 0.05) is 37.3 Å². The molecule has 2 heterocycles. The predicted octanol–water partition coefficient (Wildman–Crippen LogP) is 4.63. The number of imidazole rings is 1. The van der Waals surface area contributed by atoms with Crippen molar-refractivity contribution in [2.45, 2.75) is 57.9 Å². The van der Waals surface area contributed by atoms with E-state index in [2.05, 4.69) is 24.1 Å². The van der Waals surface area contributed by atoms with Gasteiger partial charge in [-0.25, -0.2) is 13.8 Å². The zero-order valence-electron chi connectivity index (χ0n) is 20.4. The third kappa shape index (κ3) is 7.24. The molecule has 1 aliphatic heterocycles. The molecule has 1 atom stereocenters. The van der Waals surface area contributed by atoms with Crippen molar-refractivity contribution in [2.24, 2.45) is 13.0 Å². The summed E-state index contributed by atoms with van der Waals surface area (Å²) >= 11 is 6.41. The van der Waals surface area contributed by atoms with E-state index in [9.17, 15) is 23.5 Å². The van der Waals surface area contributed by atoms with Crippen LogP contribution in [0.5, 0.6) is 0 Å². The number of amides is 1. The van der Waals surface area contributed by atoms with Crippen molar-refractivity contribution in [3.63, 3.8) is 0 Å². The number of halogens is 3. The predicted molar refractivity (Wildman–Crippen MR) is 131 cm³/mol. The van der Waals surface area contributed by atoms with E-state index in [4.69, 9.17) is 11.6 Å². The number of carboxylic acid groups (broad SMARTS) is 1. The first-order chi connectivity index (χ1) is 16.5. The van der Waals surface area contributed by atoms with Gasteiger partial charge in [-0.1, -0.05) is 43.6 Å². The van der Waals surface area contributed by atoms with Crippen molar-refractivity contribution >= 4 is 23.5 Å². The van der Waals surface area contributed by atoms with Gasteiger partial charge in [0.15, 0.2) is 5.82 Å². The number of aromatic nitrogens is 2. The maximum atomic E-state index is 13.7. The molecule has 192 valence electrons. The van der Waals surface area contributed by atoms with Crippen molar-refractivity contribution in [3.05, 3.63) is 40.8 Å². The van der Waals surface area contributed by atoms with Gasteiger partial charge in [-0.3, -0.25) is 14.5 Å². The summed E-state index contributed by atoms with van der Waals surface area (Å²) in [6.07, 6.45) is 0.856. The number of nitrogens with zero attached hydrogens (tertiary/aromatic N) is 3. The molecule has 3 rings (SSSR count). The summed E-state index contributed by atoms with van der Waals surface area (Å²) in [6.45, 7) is 4.59. The highest BCUT2D eigenvalue weighted by atomic mass is 35.5. The van der Waals surface area contributed by atoms with Gasteiger partial charge in [-0.2, -0.15) is 0 Å². The molecule has 0 bridgehead atoms. The van der Waals surface area contributed by atoms with Crippen molar-refractivity contribution in [1.29, 1.82) is 0 Å². The third-order valence-electron chi connectivity index (χ3n) is 6.17. The molecule has 0 aliphatic carbocycles. The molecule has 1 saturated heterocycles. The molecule has 1 amide bonds. The van der Waals surface area contributed by atoms with E-state index in [1.807, 2.05) is 18.2 Å². The van der Waals surface area contributed by atoms with Crippen LogP contribution in [0.3, 0.4) is 0 Å². The first-order valence-electron chi connectivity index (χ1n) is 11.9. The van der Waals surface area contributed by atoms with Crippen LogP contribution < -0.4 is 5.32 Å². The summed E-state index contributed by atoms with van der Waals surface area (Å²) in [5, 5.41) is 12.6. The van der Waals surface area contributed by atoms with E-state index < -0.39 is 23.8 Å². The highest BCUT2D eigenvalue weighted by molar-refractivity contribution is 6.33. The molecule has 10 heteroatoms. The highest BCUT2D eigenvalue weighted by Crippen LogP contribution is 2.31. The molecule has 0 spiro atoms. The molecule has 0 unspecified atom stereocenters. The summed E-state index contributed by atoms with van der Waals surface area (Å²) in [5.41, 5.74) is 2.18. The Morgan fingerprint density at radius 2 is 2.00 bits per heavy atom. The zero-order chi connectivity index (χ0) is 25.8. The average molecular weight is 511 g/mol. The van der Waals surface area contributed by atoms with Gasteiger partial charge in [0.2, 0.25) is 0 Å². The Hall–Kier alpha value is -2.52. The van der Waals surface area contributed by atoms with Gasteiger partial charge in [0.05, 0.1) is 23.7 Å². The quantitative estimate of drug-likeness (QED) is 0.486. The molecule has 2 aromatic rings. The molecule has 0 saturated carbocycles. The maximum Gasteiger partial charge on any atom is 0.305 e. The van der Waals surface area contributed by atoms with Gasteiger partial charge in [-0.15, -0.1) is 0 Å².